The van der Waals surface area contributed by atoms with Gasteiger partial charge in [-0.2, -0.15) is 0 Å². The molecular formula is C12H27NO3. The van der Waals surface area contributed by atoms with Crippen LogP contribution in [-0.2, 0) is 14.2 Å². The van der Waals surface area contributed by atoms with Crippen LogP contribution in [0.15, 0.2) is 0 Å². The Labute approximate surface area is 99.6 Å². The van der Waals surface area contributed by atoms with Gasteiger partial charge in [0.15, 0.2) is 0 Å². The number of ether oxygens (including phenoxy) is 3. The van der Waals surface area contributed by atoms with E-state index in [0.717, 1.165) is 32.6 Å². The Balaban J connectivity index is 3.54. The highest BCUT2D eigenvalue weighted by atomic mass is 16.5. The first-order valence-corrected chi connectivity index (χ1v) is 6.22. The highest BCUT2D eigenvalue weighted by molar-refractivity contribution is 4.64. The second kappa shape index (κ2) is 12.9. The van der Waals surface area contributed by atoms with Crippen molar-refractivity contribution in [2.75, 3.05) is 46.7 Å². The van der Waals surface area contributed by atoms with Gasteiger partial charge in [-0.05, 0) is 19.4 Å². The summed E-state index contributed by atoms with van der Waals surface area (Å²) in [6.45, 7) is 8.81. The van der Waals surface area contributed by atoms with Crippen LogP contribution in [0.2, 0.25) is 0 Å². The van der Waals surface area contributed by atoms with Gasteiger partial charge in [-0.1, -0.05) is 13.8 Å². The third-order valence-corrected chi connectivity index (χ3v) is 2.10. The van der Waals surface area contributed by atoms with Crippen LogP contribution < -0.4 is 5.32 Å². The molecular weight excluding hydrogens is 206 g/mol. The molecule has 0 aromatic carbocycles. The molecule has 0 saturated carbocycles. The van der Waals surface area contributed by atoms with Gasteiger partial charge in [0.05, 0.1) is 32.5 Å². The Morgan fingerprint density at radius 1 is 0.938 bits per heavy atom. The summed E-state index contributed by atoms with van der Waals surface area (Å²) in [4.78, 5) is 0. The zero-order valence-corrected chi connectivity index (χ0v) is 11.0. The molecule has 98 valence electrons. The average molecular weight is 233 g/mol. The van der Waals surface area contributed by atoms with E-state index in [1.165, 1.54) is 0 Å². The van der Waals surface area contributed by atoms with Crippen molar-refractivity contribution < 1.29 is 14.2 Å². The molecule has 0 aromatic rings. The molecule has 1 atom stereocenters. The van der Waals surface area contributed by atoms with Crippen molar-refractivity contribution in [1.82, 2.24) is 5.32 Å². The van der Waals surface area contributed by atoms with Crippen molar-refractivity contribution in [3.63, 3.8) is 0 Å². The second-order valence-corrected chi connectivity index (χ2v) is 3.79. The van der Waals surface area contributed by atoms with Gasteiger partial charge in [0, 0.05) is 13.7 Å². The summed E-state index contributed by atoms with van der Waals surface area (Å²) in [7, 11) is 1.68. The maximum absolute atomic E-state index is 5.53. The molecule has 0 aliphatic heterocycles. The SMILES string of the molecule is CCCNC(COCCC)COCCOC. The summed E-state index contributed by atoms with van der Waals surface area (Å²) in [5.74, 6) is 0. The van der Waals surface area contributed by atoms with E-state index < -0.39 is 0 Å². The van der Waals surface area contributed by atoms with E-state index in [2.05, 4.69) is 19.2 Å². The fraction of sp³-hybridized carbons (Fsp3) is 1.00. The molecule has 0 aliphatic rings. The number of hydrogen-bond donors (Lipinski definition) is 1. The number of rotatable bonds is 12. The zero-order chi connectivity index (χ0) is 12.1. The van der Waals surface area contributed by atoms with Crippen molar-refractivity contribution in [3.05, 3.63) is 0 Å². The lowest BCUT2D eigenvalue weighted by Gasteiger charge is -2.18. The molecule has 1 unspecified atom stereocenters. The number of nitrogens with one attached hydrogen (secondary N) is 1. The zero-order valence-electron chi connectivity index (χ0n) is 11.0. The van der Waals surface area contributed by atoms with E-state index >= 15 is 0 Å². The fourth-order valence-electron chi connectivity index (χ4n) is 1.25. The third kappa shape index (κ3) is 10.4. The maximum Gasteiger partial charge on any atom is 0.0701 e. The van der Waals surface area contributed by atoms with Crippen LogP contribution in [0, 0.1) is 0 Å². The molecule has 0 bridgehead atoms. The Morgan fingerprint density at radius 3 is 2.19 bits per heavy atom. The van der Waals surface area contributed by atoms with Crippen LogP contribution in [0.4, 0.5) is 0 Å². The van der Waals surface area contributed by atoms with Gasteiger partial charge >= 0.3 is 0 Å². The minimum Gasteiger partial charge on any atom is -0.382 e. The summed E-state index contributed by atoms with van der Waals surface area (Å²) >= 11 is 0. The van der Waals surface area contributed by atoms with E-state index in [1.807, 2.05) is 0 Å². The van der Waals surface area contributed by atoms with Gasteiger partial charge in [0.1, 0.15) is 0 Å². The molecule has 1 N–H and O–H groups in total. The summed E-state index contributed by atoms with van der Waals surface area (Å²) in [6.07, 6.45) is 2.19. The molecule has 4 nitrogen and oxygen atoms in total. The molecule has 16 heavy (non-hydrogen) atoms. The van der Waals surface area contributed by atoms with Crippen LogP contribution in [0.1, 0.15) is 26.7 Å². The highest BCUT2D eigenvalue weighted by Crippen LogP contribution is 1.91. The van der Waals surface area contributed by atoms with Gasteiger partial charge in [-0.15, -0.1) is 0 Å². The first kappa shape index (κ1) is 15.8. The Hall–Kier alpha value is -0.160. The first-order chi connectivity index (χ1) is 7.85. The molecule has 0 heterocycles. The standard InChI is InChI=1S/C12H27NO3/c1-4-6-13-12(10-15-7-5-2)11-16-9-8-14-3/h12-13H,4-11H2,1-3H3. The Kier molecular flexibility index (Phi) is 12.8. The molecule has 0 fully saturated rings. The summed E-state index contributed by atoms with van der Waals surface area (Å²) < 4.78 is 15.9. The summed E-state index contributed by atoms with van der Waals surface area (Å²) in [5.41, 5.74) is 0. The van der Waals surface area contributed by atoms with Crippen molar-refractivity contribution >= 4 is 0 Å². The molecule has 4 heteroatoms. The predicted molar refractivity (Wildman–Crippen MR) is 65.9 cm³/mol. The number of methoxy groups -OCH3 is 1. The van der Waals surface area contributed by atoms with Crippen LogP contribution in [0.5, 0.6) is 0 Å². The quantitative estimate of drug-likeness (QED) is 0.518. The van der Waals surface area contributed by atoms with E-state index in [1.54, 1.807) is 7.11 Å². The molecule has 0 amide bonds. The van der Waals surface area contributed by atoms with E-state index in [9.17, 15) is 0 Å². The van der Waals surface area contributed by atoms with Gasteiger partial charge in [-0.3, -0.25) is 0 Å². The van der Waals surface area contributed by atoms with Crippen LogP contribution >= 0.6 is 0 Å². The molecule has 0 aliphatic carbocycles. The molecule has 0 aromatic heterocycles. The second-order valence-electron chi connectivity index (χ2n) is 3.79. The van der Waals surface area contributed by atoms with Gasteiger partial charge < -0.3 is 19.5 Å². The fourth-order valence-corrected chi connectivity index (χ4v) is 1.25. The van der Waals surface area contributed by atoms with E-state index in [-0.39, 0.29) is 0 Å². The monoisotopic (exact) mass is 233 g/mol. The molecule has 0 rings (SSSR count). The average Bonchev–Trinajstić information content (AvgIpc) is 2.31. The minimum absolute atomic E-state index is 0.295. The van der Waals surface area contributed by atoms with Crippen LogP contribution in [0.3, 0.4) is 0 Å². The van der Waals surface area contributed by atoms with Crippen molar-refractivity contribution in [3.8, 4) is 0 Å². The Bertz CT molecular complexity index is 133. The van der Waals surface area contributed by atoms with Gasteiger partial charge in [0.25, 0.3) is 0 Å². The normalized spacial score (nSPS) is 12.9. The lowest BCUT2D eigenvalue weighted by molar-refractivity contribution is 0.0327. The molecule has 0 radical (unpaired) electrons. The van der Waals surface area contributed by atoms with Crippen molar-refractivity contribution in [2.24, 2.45) is 0 Å². The third-order valence-electron chi connectivity index (χ3n) is 2.10. The van der Waals surface area contributed by atoms with E-state index in [4.69, 9.17) is 14.2 Å². The van der Waals surface area contributed by atoms with Gasteiger partial charge in [-0.25, -0.2) is 0 Å². The van der Waals surface area contributed by atoms with Crippen molar-refractivity contribution in [1.29, 1.82) is 0 Å². The van der Waals surface area contributed by atoms with Gasteiger partial charge in [0.2, 0.25) is 0 Å². The molecule has 0 saturated heterocycles. The Morgan fingerprint density at radius 2 is 1.62 bits per heavy atom. The van der Waals surface area contributed by atoms with Crippen LogP contribution in [0.25, 0.3) is 0 Å². The lowest BCUT2D eigenvalue weighted by atomic mass is 10.3. The van der Waals surface area contributed by atoms with Crippen LogP contribution in [-0.4, -0.2) is 52.7 Å². The topological polar surface area (TPSA) is 39.7 Å². The minimum atomic E-state index is 0.295. The van der Waals surface area contributed by atoms with Crippen molar-refractivity contribution in [2.45, 2.75) is 32.7 Å². The first-order valence-electron chi connectivity index (χ1n) is 6.22. The largest absolute Gasteiger partial charge is 0.382 e. The molecule has 0 spiro atoms. The smallest absolute Gasteiger partial charge is 0.0701 e. The predicted octanol–water partition coefficient (Wildman–Crippen LogP) is 1.44. The number of hydrogen-bond acceptors (Lipinski definition) is 4. The maximum atomic E-state index is 5.53. The summed E-state index contributed by atoms with van der Waals surface area (Å²) in [5, 5.41) is 3.41. The highest BCUT2D eigenvalue weighted by Gasteiger charge is 2.07. The lowest BCUT2D eigenvalue weighted by Crippen LogP contribution is -2.38. The van der Waals surface area contributed by atoms with E-state index in [0.29, 0.717) is 25.9 Å². The summed E-state index contributed by atoms with van der Waals surface area (Å²) in [6, 6.07) is 0.295.